The second kappa shape index (κ2) is 14.3. The van der Waals surface area contributed by atoms with Gasteiger partial charge in [0.05, 0.1) is 5.69 Å². The molecule has 0 aliphatic carbocycles. The normalized spacial score (nSPS) is 10.9. The molecule has 224 valence electrons. The maximum absolute atomic E-state index is 2.33. The lowest BCUT2D eigenvalue weighted by atomic mass is 9.97. The summed E-state index contributed by atoms with van der Waals surface area (Å²) in [6.07, 6.45) is 8.81. The fraction of sp³-hybridized carbons (Fsp3) is 0. The Hall–Kier alpha value is -6.18. The average molecular weight is 602 g/mol. The average Bonchev–Trinajstić information content (AvgIpc) is 3.15. The quantitative estimate of drug-likeness (QED) is 0.149. The highest BCUT2D eigenvalue weighted by molar-refractivity contribution is 5.98. The van der Waals surface area contributed by atoms with E-state index in [1.807, 2.05) is 0 Å². The predicted molar refractivity (Wildman–Crippen MR) is 201 cm³/mol. The third-order valence-corrected chi connectivity index (χ3v) is 8.35. The van der Waals surface area contributed by atoms with Crippen molar-refractivity contribution in [3.63, 3.8) is 0 Å². The molecule has 0 atom stereocenters. The number of nitrogens with zero attached hydrogens (tertiary/aromatic N) is 1. The van der Waals surface area contributed by atoms with Gasteiger partial charge in [-0.05, 0) is 57.0 Å². The molecule has 0 saturated heterocycles. The van der Waals surface area contributed by atoms with E-state index in [1.165, 1.54) is 38.6 Å². The summed E-state index contributed by atoms with van der Waals surface area (Å²) >= 11 is 0. The van der Waals surface area contributed by atoms with Crippen LogP contribution < -0.4 is 4.90 Å². The molecule has 0 aromatic heterocycles. The van der Waals surface area contributed by atoms with Crippen LogP contribution >= 0.6 is 0 Å². The summed E-state index contributed by atoms with van der Waals surface area (Å²) in [6.45, 7) is 0. The van der Waals surface area contributed by atoms with Crippen molar-refractivity contribution in [2.45, 2.75) is 0 Å². The minimum Gasteiger partial charge on any atom is -0.316 e. The molecule has 0 amide bonds. The molecule has 0 heterocycles. The molecule has 0 aliphatic heterocycles. The zero-order chi connectivity index (χ0) is 31.7. The lowest BCUT2D eigenvalue weighted by Crippen LogP contribution is -2.11. The zero-order valence-corrected chi connectivity index (χ0v) is 26.2. The number of allylic oxidation sites excluding steroid dienone is 2. The summed E-state index contributed by atoms with van der Waals surface area (Å²) in [7, 11) is 0. The van der Waals surface area contributed by atoms with Crippen LogP contribution in [-0.4, -0.2) is 0 Å². The van der Waals surface area contributed by atoms with Crippen molar-refractivity contribution in [2.75, 3.05) is 4.90 Å². The predicted octanol–water partition coefficient (Wildman–Crippen LogP) is 12.2. The van der Waals surface area contributed by atoms with Gasteiger partial charge in [0, 0.05) is 22.8 Å². The van der Waals surface area contributed by atoms with Gasteiger partial charge in [0.2, 0.25) is 0 Å². The van der Waals surface area contributed by atoms with Gasteiger partial charge in [0.1, 0.15) is 0 Å². The van der Waals surface area contributed by atoms with Gasteiger partial charge in [-0.3, -0.25) is 0 Å². The Balaban J connectivity index is 1.29. The molecular formula is C46H35N. The van der Waals surface area contributed by atoms with Crippen LogP contribution in [0.3, 0.4) is 0 Å². The third-order valence-electron chi connectivity index (χ3n) is 8.35. The Morgan fingerprint density at radius 1 is 0.404 bits per heavy atom. The van der Waals surface area contributed by atoms with Crippen molar-refractivity contribution in [1.82, 2.24) is 0 Å². The minimum absolute atomic E-state index is 1.09. The topological polar surface area (TPSA) is 3.24 Å². The second-order valence-electron chi connectivity index (χ2n) is 11.4. The van der Waals surface area contributed by atoms with Crippen LogP contribution in [0.5, 0.6) is 0 Å². The van der Waals surface area contributed by atoms with E-state index < -0.39 is 0 Å². The van der Waals surface area contributed by atoms with Gasteiger partial charge in [-0.25, -0.2) is 0 Å². The molecule has 7 aromatic rings. The number of hydrogen-bond donors (Lipinski definition) is 0. The SMILES string of the molecule is C(/C=C/c1ccc(N(C=C(c2ccccc2)c2ccccc2)c2cccc3ccccc23)cc1)=C(c1ccccc1)c1ccccc1. The smallest absolute Gasteiger partial charge is 0.0534 e. The first-order valence-corrected chi connectivity index (χ1v) is 16.0. The molecule has 0 bridgehead atoms. The van der Waals surface area contributed by atoms with Crippen LogP contribution in [0.4, 0.5) is 11.4 Å². The van der Waals surface area contributed by atoms with E-state index in [9.17, 15) is 0 Å². The van der Waals surface area contributed by atoms with Gasteiger partial charge < -0.3 is 4.90 Å². The van der Waals surface area contributed by atoms with Crippen molar-refractivity contribution in [3.05, 3.63) is 234 Å². The monoisotopic (exact) mass is 601 g/mol. The Kier molecular flexibility index (Phi) is 8.97. The first kappa shape index (κ1) is 29.5. The number of hydrogen-bond acceptors (Lipinski definition) is 1. The Bertz CT molecular complexity index is 2050. The first-order chi connectivity index (χ1) is 23.3. The summed E-state index contributed by atoms with van der Waals surface area (Å²) in [5, 5.41) is 2.42. The molecule has 7 aromatic carbocycles. The van der Waals surface area contributed by atoms with E-state index in [2.05, 4.69) is 217 Å². The molecule has 7 rings (SSSR count). The van der Waals surface area contributed by atoms with Gasteiger partial charge in [-0.2, -0.15) is 0 Å². The highest BCUT2D eigenvalue weighted by Gasteiger charge is 2.14. The lowest BCUT2D eigenvalue weighted by Gasteiger charge is -2.25. The Labute approximate surface area is 277 Å². The molecule has 1 nitrogen and oxygen atoms in total. The Morgan fingerprint density at radius 2 is 0.872 bits per heavy atom. The van der Waals surface area contributed by atoms with Gasteiger partial charge >= 0.3 is 0 Å². The van der Waals surface area contributed by atoms with Crippen LogP contribution in [0.25, 0.3) is 28.0 Å². The summed E-state index contributed by atoms with van der Waals surface area (Å²) in [5.41, 5.74) is 10.4. The van der Waals surface area contributed by atoms with Crippen molar-refractivity contribution >= 4 is 39.4 Å². The van der Waals surface area contributed by atoms with E-state index in [-0.39, 0.29) is 0 Å². The number of anilines is 2. The Morgan fingerprint density at radius 3 is 1.43 bits per heavy atom. The minimum atomic E-state index is 1.09. The van der Waals surface area contributed by atoms with Gasteiger partial charge in [0.25, 0.3) is 0 Å². The summed E-state index contributed by atoms with van der Waals surface area (Å²) in [6, 6.07) is 66.3. The number of rotatable bonds is 9. The molecule has 0 saturated carbocycles. The van der Waals surface area contributed by atoms with E-state index >= 15 is 0 Å². The molecule has 0 aliphatic rings. The van der Waals surface area contributed by atoms with Gasteiger partial charge in [-0.15, -0.1) is 0 Å². The standard InChI is InChI=1S/C46H35N/c1-5-18-37(19-6-1)43(38-20-7-2-8-21-38)29-15-17-36-31-33-42(34-32-36)47(46-30-16-27-39-26-13-14-28-44(39)46)35-45(40-22-9-3-10-23-40)41-24-11-4-12-25-41/h1-35H/b17-15+. The van der Waals surface area contributed by atoms with Crippen LogP contribution in [-0.2, 0) is 0 Å². The fourth-order valence-corrected chi connectivity index (χ4v) is 5.98. The van der Waals surface area contributed by atoms with Crippen LogP contribution in [0.15, 0.2) is 206 Å². The molecule has 0 radical (unpaired) electrons. The van der Waals surface area contributed by atoms with Crippen LogP contribution in [0.2, 0.25) is 0 Å². The number of benzene rings is 7. The number of fused-ring (bicyclic) bond motifs is 1. The van der Waals surface area contributed by atoms with Crippen LogP contribution in [0, 0.1) is 0 Å². The van der Waals surface area contributed by atoms with Crippen LogP contribution in [0.1, 0.15) is 27.8 Å². The maximum Gasteiger partial charge on any atom is 0.0534 e. The van der Waals surface area contributed by atoms with Crippen molar-refractivity contribution < 1.29 is 0 Å². The summed E-state index contributed by atoms with van der Waals surface area (Å²) < 4.78 is 0. The van der Waals surface area contributed by atoms with Gasteiger partial charge in [-0.1, -0.05) is 188 Å². The van der Waals surface area contributed by atoms with E-state index in [1.54, 1.807) is 0 Å². The largest absolute Gasteiger partial charge is 0.316 e. The van der Waals surface area contributed by atoms with Crippen molar-refractivity contribution in [1.29, 1.82) is 0 Å². The van der Waals surface area contributed by atoms with Crippen molar-refractivity contribution in [3.8, 4) is 0 Å². The van der Waals surface area contributed by atoms with Gasteiger partial charge in [0.15, 0.2) is 0 Å². The molecular weight excluding hydrogens is 567 g/mol. The maximum atomic E-state index is 2.33. The summed E-state index contributed by atoms with van der Waals surface area (Å²) in [4.78, 5) is 2.33. The lowest BCUT2D eigenvalue weighted by molar-refractivity contribution is 1.29. The highest BCUT2D eigenvalue weighted by atomic mass is 15.1. The molecule has 47 heavy (non-hydrogen) atoms. The first-order valence-electron chi connectivity index (χ1n) is 16.0. The molecule has 0 spiro atoms. The highest BCUT2D eigenvalue weighted by Crippen LogP contribution is 2.36. The molecule has 1 heteroatoms. The molecule has 0 N–H and O–H groups in total. The molecule has 0 fully saturated rings. The van der Waals surface area contributed by atoms with E-state index in [0.29, 0.717) is 0 Å². The fourth-order valence-electron chi connectivity index (χ4n) is 5.98. The second-order valence-corrected chi connectivity index (χ2v) is 11.4. The van der Waals surface area contributed by atoms with Crippen molar-refractivity contribution in [2.24, 2.45) is 0 Å². The molecule has 0 unspecified atom stereocenters. The third kappa shape index (κ3) is 6.91. The van der Waals surface area contributed by atoms with E-state index in [4.69, 9.17) is 0 Å². The summed E-state index contributed by atoms with van der Waals surface area (Å²) in [5.74, 6) is 0. The van der Waals surface area contributed by atoms with E-state index in [0.717, 1.165) is 22.5 Å². The zero-order valence-electron chi connectivity index (χ0n) is 26.2.